The minimum absolute atomic E-state index is 0.252. The summed E-state index contributed by atoms with van der Waals surface area (Å²) in [6, 6.07) is 16.0. The molecule has 4 nitrogen and oxygen atoms in total. The molecule has 144 valence electrons. The van der Waals surface area contributed by atoms with Crippen LogP contribution in [-0.2, 0) is 10.9 Å². The number of benzene rings is 2. The molecule has 28 heavy (non-hydrogen) atoms. The Morgan fingerprint density at radius 3 is 2.14 bits per heavy atom. The van der Waals surface area contributed by atoms with Crippen LogP contribution in [0.4, 0.5) is 13.2 Å². The zero-order valence-electron chi connectivity index (χ0n) is 13.9. The van der Waals surface area contributed by atoms with E-state index in [1.54, 1.807) is 48.5 Å². The minimum atomic E-state index is -4.89. The van der Waals surface area contributed by atoms with Gasteiger partial charge in [-0.1, -0.05) is 83.6 Å². The van der Waals surface area contributed by atoms with Crippen LogP contribution in [-0.4, -0.2) is 16.7 Å². The number of rotatable bonds is 5. The number of Topliss-reactive ketones (excluding diaryl/α,β-unsaturated/α-hetero) is 1. The predicted molar refractivity (Wildman–Crippen MR) is 97.5 cm³/mol. The lowest BCUT2D eigenvalue weighted by Crippen LogP contribution is -2.21. The van der Waals surface area contributed by atoms with Gasteiger partial charge in [-0.2, -0.15) is 13.2 Å². The molecule has 0 saturated carbocycles. The Morgan fingerprint density at radius 2 is 1.57 bits per heavy atom. The molecule has 0 amide bonds. The van der Waals surface area contributed by atoms with Gasteiger partial charge in [-0.3, -0.25) is 4.79 Å². The number of ether oxygens (including phenoxy) is 1. The van der Waals surface area contributed by atoms with Gasteiger partial charge in [0.15, 0.2) is 16.3 Å². The van der Waals surface area contributed by atoms with Crippen LogP contribution in [0, 0.1) is 0 Å². The highest BCUT2D eigenvalue weighted by Crippen LogP contribution is 2.37. The summed E-state index contributed by atoms with van der Waals surface area (Å²) in [6.45, 7) is 0. The van der Waals surface area contributed by atoms with Crippen molar-refractivity contribution in [1.82, 2.24) is 4.98 Å². The highest BCUT2D eigenvalue weighted by Gasteiger charge is 2.41. The van der Waals surface area contributed by atoms with Crippen molar-refractivity contribution in [3.63, 3.8) is 0 Å². The van der Waals surface area contributed by atoms with E-state index in [9.17, 15) is 22.8 Å². The third kappa shape index (κ3) is 4.40. The predicted octanol–water partition coefficient (Wildman–Crippen LogP) is 5.60. The molecule has 1 aromatic heterocycles. The van der Waals surface area contributed by atoms with Crippen LogP contribution in [0.2, 0.25) is 4.47 Å². The van der Waals surface area contributed by atoms with Crippen LogP contribution in [0.15, 0.2) is 60.7 Å². The van der Waals surface area contributed by atoms with E-state index in [2.05, 4.69) is 4.98 Å². The van der Waals surface area contributed by atoms with Gasteiger partial charge in [-0.25, -0.2) is 9.78 Å². The molecule has 0 fully saturated rings. The van der Waals surface area contributed by atoms with Crippen molar-refractivity contribution < 1.29 is 27.5 Å². The number of alkyl halides is 3. The lowest BCUT2D eigenvalue weighted by Gasteiger charge is -2.17. The summed E-state index contributed by atoms with van der Waals surface area (Å²) >= 11 is 5.90. The SMILES string of the molecule is O=C(OC(C(=O)c1ccccc1)c1ccccc1)c1sc(Cl)nc1C(F)(F)F. The third-order valence-electron chi connectivity index (χ3n) is 3.68. The molecule has 0 saturated heterocycles. The highest BCUT2D eigenvalue weighted by atomic mass is 35.5. The average Bonchev–Trinajstić information content (AvgIpc) is 3.09. The molecule has 9 heteroatoms. The van der Waals surface area contributed by atoms with Crippen LogP contribution >= 0.6 is 22.9 Å². The fourth-order valence-corrected chi connectivity index (χ4v) is 3.45. The maximum atomic E-state index is 13.1. The number of thiazole rings is 1. The second-order valence-corrected chi connectivity index (χ2v) is 7.15. The molecule has 1 heterocycles. The zero-order valence-corrected chi connectivity index (χ0v) is 15.5. The van der Waals surface area contributed by atoms with Crippen LogP contribution < -0.4 is 0 Å². The first-order valence-electron chi connectivity index (χ1n) is 7.86. The number of nitrogens with zero attached hydrogens (tertiary/aromatic N) is 1. The molecular formula is C19H11ClF3NO3S. The number of ketones is 1. The van der Waals surface area contributed by atoms with Gasteiger partial charge in [0.05, 0.1) is 0 Å². The Labute approximate surface area is 166 Å². The average molecular weight is 426 g/mol. The molecular weight excluding hydrogens is 415 g/mol. The van der Waals surface area contributed by atoms with Crippen molar-refractivity contribution in [3.8, 4) is 0 Å². The molecule has 0 aliphatic rings. The summed E-state index contributed by atoms with van der Waals surface area (Å²) in [7, 11) is 0. The van der Waals surface area contributed by atoms with E-state index in [0.717, 1.165) is 0 Å². The lowest BCUT2D eigenvalue weighted by molar-refractivity contribution is -0.141. The van der Waals surface area contributed by atoms with Crippen LogP contribution in [0.25, 0.3) is 0 Å². The van der Waals surface area contributed by atoms with Crippen LogP contribution in [0.5, 0.6) is 0 Å². The largest absolute Gasteiger partial charge is 0.445 e. The van der Waals surface area contributed by atoms with Crippen molar-refractivity contribution in [1.29, 1.82) is 0 Å². The molecule has 0 N–H and O–H groups in total. The van der Waals surface area contributed by atoms with E-state index in [1.807, 2.05) is 0 Å². The maximum Gasteiger partial charge on any atom is 0.435 e. The molecule has 0 radical (unpaired) electrons. The van der Waals surface area contributed by atoms with Gasteiger partial charge in [-0.15, -0.1) is 0 Å². The van der Waals surface area contributed by atoms with E-state index in [0.29, 0.717) is 16.9 Å². The standard InChI is InChI=1S/C19H11ClF3NO3S/c20-18-24-16(19(21,22)23)15(28-18)17(26)27-14(12-9-5-2-6-10-12)13(25)11-7-3-1-4-8-11/h1-10,14H. The molecule has 0 aliphatic heterocycles. The maximum absolute atomic E-state index is 13.1. The highest BCUT2D eigenvalue weighted by molar-refractivity contribution is 7.17. The summed E-state index contributed by atoms with van der Waals surface area (Å²) in [4.78, 5) is 27.7. The van der Waals surface area contributed by atoms with Crippen LogP contribution in [0.1, 0.15) is 37.4 Å². The number of hydrogen-bond donors (Lipinski definition) is 0. The minimum Gasteiger partial charge on any atom is -0.445 e. The van der Waals surface area contributed by atoms with Crippen LogP contribution in [0.3, 0.4) is 0 Å². The lowest BCUT2D eigenvalue weighted by atomic mass is 10.00. The monoisotopic (exact) mass is 425 g/mol. The summed E-state index contributed by atoms with van der Waals surface area (Å²) < 4.78 is 44.1. The van der Waals surface area contributed by atoms with E-state index < -0.39 is 39.1 Å². The number of hydrogen-bond acceptors (Lipinski definition) is 5. The quantitative estimate of drug-likeness (QED) is 0.394. The summed E-state index contributed by atoms with van der Waals surface area (Å²) in [5.41, 5.74) is -0.858. The van der Waals surface area contributed by atoms with Crippen molar-refractivity contribution in [2.75, 3.05) is 0 Å². The van der Waals surface area contributed by atoms with Gasteiger partial charge in [0, 0.05) is 11.1 Å². The normalized spacial score (nSPS) is 12.4. The summed E-state index contributed by atoms with van der Waals surface area (Å²) in [5.74, 6) is -1.89. The Hall–Kier alpha value is -2.71. The van der Waals surface area contributed by atoms with E-state index in [1.165, 1.54) is 12.1 Å². The summed E-state index contributed by atoms with van der Waals surface area (Å²) in [5, 5.41) is 0. The molecule has 3 aromatic rings. The van der Waals surface area contributed by atoms with Crippen molar-refractivity contribution in [2.45, 2.75) is 12.3 Å². The zero-order chi connectivity index (χ0) is 20.3. The first kappa shape index (κ1) is 20.0. The van der Waals surface area contributed by atoms with E-state index in [-0.39, 0.29) is 5.56 Å². The topological polar surface area (TPSA) is 56.3 Å². The molecule has 2 aromatic carbocycles. The first-order valence-corrected chi connectivity index (χ1v) is 9.05. The van der Waals surface area contributed by atoms with Gasteiger partial charge in [0.2, 0.25) is 5.78 Å². The van der Waals surface area contributed by atoms with Gasteiger partial charge in [-0.05, 0) is 0 Å². The fourth-order valence-electron chi connectivity index (χ4n) is 2.44. The van der Waals surface area contributed by atoms with Crippen molar-refractivity contribution >= 4 is 34.7 Å². The Kier molecular flexibility index (Phi) is 5.81. The van der Waals surface area contributed by atoms with Gasteiger partial charge in [0.1, 0.15) is 4.88 Å². The Morgan fingerprint density at radius 1 is 1.00 bits per heavy atom. The Bertz CT molecular complexity index is 991. The number of halogens is 4. The molecule has 0 aliphatic carbocycles. The van der Waals surface area contributed by atoms with Crippen molar-refractivity contribution in [2.24, 2.45) is 0 Å². The smallest absolute Gasteiger partial charge is 0.435 e. The molecule has 1 unspecified atom stereocenters. The van der Waals surface area contributed by atoms with Crippen molar-refractivity contribution in [3.05, 3.63) is 86.8 Å². The second-order valence-electron chi connectivity index (χ2n) is 5.57. The summed E-state index contributed by atoms with van der Waals surface area (Å²) in [6.07, 6.45) is -6.30. The Balaban J connectivity index is 1.97. The van der Waals surface area contributed by atoms with Gasteiger partial charge < -0.3 is 4.74 Å². The molecule has 3 rings (SSSR count). The third-order valence-corrected chi connectivity index (χ3v) is 4.82. The number of esters is 1. The second kappa shape index (κ2) is 8.12. The van der Waals surface area contributed by atoms with Gasteiger partial charge >= 0.3 is 12.1 Å². The number of carbonyl (C=O) groups is 2. The number of carbonyl (C=O) groups excluding carboxylic acids is 2. The van der Waals surface area contributed by atoms with Gasteiger partial charge in [0.25, 0.3) is 0 Å². The molecule has 0 spiro atoms. The van der Waals surface area contributed by atoms with E-state index >= 15 is 0 Å². The van der Waals surface area contributed by atoms with E-state index in [4.69, 9.17) is 16.3 Å². The molecule has 1 atom stereocenters. The molecule has 0 bridgehead atoms. The first-order chi connectivity index (χ1) is 13.3. The number of aromatic nitrogens is 1. The fraction of sp³-hybridized carbons (Fsp3) is 0.105.